The second kappa shape index (κ2) is 5.45. The lowest BCUT2D eigenvalue weighted by Gasteiger charge is -2.38. The maximum atomic E-state index is 6.38. The molecule has 0 heterocycles. The van der Waals surface area contributed by atoms with Crippen LogP contribution < -0.4 is 5.32 Å². The van der Waals surface area contributed by atoms with Gasteiger partial charge in [0.25, 0.3) is 0 Å². The number of benzene rings is 1. The molecule has 0 aliphatic heterocycles. The highest BCUT2D eigenvalue weighted by Crippen LogP contribution is 2.39. The third kappa shape index (κ3) is 3.59. The van der Waals surface area contributed by atoms with Crippen molar-refractivity contribution >= 4 is 14.0 Å². The third-order valence-corrected chi connectivity index (χ3v) is 8.50. The van der Waals surface area contributed by atoms with Crippen molar-refractivity contribution < 1.29 is 4.43 Å². The summed E-state index contributed by atoms with van der Waals surface area (Å²) in [5.41, 5.74) is 2.39. The van der Waals surface area contributed by atoms with Crippen LogP contribution in [0.1, 0.15) is 39.4 Å². The summed E-state index contributed by atoms with van der Waals surface area (Å²) in [6.07, 6.45) is 0.164. The van der Waals surface area contributed by atoms with E-state index in [0.717, 1.165) is 5.69 Å². The molecule has 0 saturated carbocycles. The average Bonchev–Trinajstić information content (AvgIpc) is 2.27. The standard InChI is InChI=1S/C15H27NOSi/c1-12(17-18(6,7)15(2,3)4)13-8-10-14(16-5)11-9-13/h8-12,16H,1-7H3. The Kier molecular flexibility index (Phi) is 4.62. The van der Waals surface area contributed by atoms with Crippen molar-refractivity contribution in [2.24, 2.45) is 0 Å². The summed E-state index contributed by atoms with van der Waals surface area (Å²) in [5.74, 6) is 0. The fourth-order valence-corrected chi connectivity index (χ4v) is 2.98. The van der Waals surface area contributed by atoms with Gasteiger partial charge < -0.3 is 9.74 Å². The van der Waals surface area contributed by atoms with Crippen molar-refractivity contribution in [2.75, 3.05) is 12.4 Å². The number of anilines is 1. The van der Waals surface area contributed by atoms with Crippen molar-refractivity contribution in [1.82, 2.24) is 0 Å². The molecule has 0 radical (unpaired) electrons. The highest BCUT2D eigenvalue weighted by molar-refractivity contribution is 6.74. The zero-order valence-electron chi connectivity index (χ0n) is 12.8. The van der Waals surface area contributed by atoms with E-state index in [-0.39, 0.29) is 11.1 Å². The normalized spacial score (nSPS) is 14.4. The van der Waals surface area contributed by atoms with Gasteiger partial charge >= 0.3 is 0 Å². The average molecular weight is 265 g/mol. The molecule has 1 aromatic rings. The molecular weight excluding hydrogens is 238 g/mol. The topological polar surface area (TPSA) is 21.3 Å². The highest BCUT2D eigenvalue weighted by Gasteiger charge is 2.38. The van der Waals surface area contributed by atoms with E-state index in [0.29, 0.717) is 0 Å². The van der Waals surface area contributed by atoms with Gasteiger partial charge in [-0.15, -0.1) is 0 Å². The predicted octanol–water partition coefficient (Wildman–Crippen LogP) is 4.81. The van der Waals surface area contributed by atoms with E-state index in [1.165, 1.54) is 5.56 Å². The Labute approximate surface area is 113 Å². The van der Waals surface area contributed by atoms with Gasteiger partial charge in [-0.1, -0.05) is 32.9 Å². The summed E-state index contributed by atoms with van der Waals surface area (Å²) in [7, 11) is 0.247. The van der Waals surface area contributed by atoms with E-state index in [9.17, 15) is 0 Å². The van der Waals surface area contributed by atoms with Crippen molar-refractivity contribution in [3.8, 4) is 0 Å². The molecule has 0 spiro atoms. The van der Waals surface area contributed by atoms with Gasteiger partial charge in [0.2, 0.25) is 0 Å². The van der Waals surface area contributed by atoms with Crippen LogP contribution in [-0.4, -0.2) is 15.4 Å². The minimum Gasteiger partial charge on any atom is -0.410 e. The van der Waals surface area contributed by atoms with Gasteiger partial charge in [-0.2, -0.15) is 0 Å². The molecule has 3 heteroatoms. The summed E-state index contributed by atoms with van der Waals surface area (Å²) in [5, 5.41) is 3.39. The van der Waals surface area contributed by atoms with E-state index < -0.39 is 8.32 Å². The first kappa shape index (κ1) is 15.3. The highest BCUT2D eigenvalue weighted by atomic mass is 28.4. The van der Waals surface area contributed by atoms with Crippen molar-refractivity contribution in [1.29, 1.82) is 0 Å². The van der Waals surface area contributed by atoms with Gasteiger partial charge in [0.05, 0.1) is 6.10 Å². The third-order valence-electron chi connectivity index (χ3n) is 3.95. The fraction of sp³-hybridized carbons (Fsp3) is 0.600. The van der Waals surface area contributed by atoms with Crippen LogP contribution >= 0.6 is 0 Å². The zero-order valence-corrected chi connectivity index (χ0v) is 13.8. The second-order valence-electron chi connectivity index (χ2n) is 6.39. The Morgan fingerprint density at radius 3 is 2.00 bits per heavy atom. The lowest BCUT2D eigenvalue weighted by Crippen LogP contribution is -2.41. The van der Waals surface area contributed by atoms with Crippen LogP contribution in [0.5, 0.6) is 0 Å². The molecule has 1 aromatic carbocycles. The molecule has 1 N–H and O–H groups in total. The minimum atomic E-state index is -1.69. The molecule has 0 aromatic heterocycles. The number of hydrogen-bond donors (Lipinski definition) is 1. The van der Waals surface area contributed by atoms with E-state index >= 15 is 0 Å². The van der Waals surface area contributed by atoms with Gasteiger partial charge in [-0.05, 0) is 42.8 Å². The van der Waals surface area contributed by atoms with Crippen molar-refractivity contribution in [3.05, 3.63) is 29.8 Å². The van der Waals surface area contributed by atoms with Crippen LogP contribution in [-0.2, 0) is 4.43 Å². The molecule has 0 aliphatic carbocycles. The summed E-state index contributed by atoms with van der Waals surface area (Å²) < 4.78 is 6.38. The Bertz CT molecular complexity index is 378. The smallest absolute Gasteiger partial charge is 0.192 e. The molecule has 0 bridgehead atoms. The Morgan fingerprint density at radius 1 is 1.11 bits per heavy atom. The molecule has 2 nitrogen and oxygen atoms in total. The van der Waals surface area contributed by atoms with Crippen LogP contribution in [0.3, 0.4) is 0 Å². The molecule has 0 saturated heterocycles. The monoisotopic (exact) mass is 265 g/mol. The van der Waals surface area contributed by atoms with Crippen LogP contribution in [0.4, 0.5) is 5.69 Å². The van der Waals surface area contributed by atoms with E-state index in [4.69, 9.17) is 4.43 Å². The van der Waals surface area contributed by atoms with Gasteiger partial charge in [0.1, 0.15) is 0 Å². The summed E-state index contributed by atoms with van der Waals surface area (Å²) >= 11 is 0. The Balaban J connectivity index is 2.78. The lowest BCUT2D eigenvalue weighted by molar-refractivity contribution is 0.203. The number of nitrogens with one attached hydrogen (secondary N) is 1. The molecule has 1 atom stereocenters. The summed E-state index contributed by atoms with van der Waals surface area (Å²) in [6, 6.07) is 8.48. The van der Waals surface area contributed by atoms with Gasteiger partial charge in [0, 0.05) is 12.7 Å². The fourth-order valence-electron chi connectivity index (χ4n) is 1.61. The van der Waals surface area contributed by atoms with Gasteiger partial charge in [-0.3, -0.25) is 0 Å². The van der Waals surface area contributed by atoms with Gasteiger partial charge in [0.15, 0.2) is 8.32 Å². The zero-order chi connectivity index (χ0) is 14.0. The van der Waals surface area contributed by atoms with E-state index in [1.807, 2.05) is 7.05 Å². The van der Waals surface area contributed by atoms with Crippen molar-refractivity contribution in [3.63, 3.8) is 0 Å². The molecule has 0 amide bonds. The lowest BCUT2D eigenvalue weighted by atomic mass is 10.1. The van der Waals surface area contributed by atoms with E-state index in [2.05, 4.69) is 70.4 Å². The van der Waals surface area contributed by atoms with E-state index in [1.54, 1.807) is 0 Å². The predicted molar refractivity (Wildman–Crippen MR) is 82.7 cm³/mol. The first-order chi connectivity index (χ1) is 8.17. The quantitative estimate of drug-likeness (QED) is 0.789. The maximum Gasteiger partial charge on any atom is 0.192 e. The molecule has 1 unspecified atom stereocenters. The largest absolute Gasteiger partial charge is 0.410 e. The summed E-state index contributed by atoms with van der Waals surface area (Å²) in [4.78, 5) is 0. The Hall–Kier alpha value is -0.803. The first-order valence-electron chi connectivity index (χ1n) is 6.63. The van der Waals surface area contributed by atoms with Crippen LogP contribution in [0.25, 0.3) is 0 Å². The van der Waals surface area contributed by atoms with Crippen LogP contribution in [0.15, 0.2) is 24.3 Å². The molecule has 18 heavy (non-hydrogen) atoms. The van der Waals surface area contributed by atoms with Crippen molar-refractivity contribution in [2.45, 2.75) is 51.9 Å². The number of rotatable bonds is 4. The number of hydrogen-bond acceptors (Lipinski definition) is 2. The van der Waals surface area contributed by atoms with Gasteiger partial charge in [-0.25, -0.2) is 0 Å². The molecular formula is C15H27NOSi. The van der Waals surface area contributed by atoms with Crippen LogP contribution in [0.2, 0.25) is 18.1 Å². The molecule has 0 aliphatic rings. The second-order valence-corrected chi connectivity index (χ2v) is 11.1. The first-order valence-corrected chi connectivity index (χ1v) is 9.54. The van der Waals surface area contributed by atoms with Crippen LogP contribution in [0, 0.1) is 0 Å². The summed E-state index contributed by atoms with van der Waals surface area (Å²) in [6.45, 7) is 13.6. The molecule has 1 rings (SSSR count). The molecule has 0 fully saturated rings. The maximum absolute atomic E-state index is 6.38. The Morgan fingerprint density at radius 2 is 1.61 bits per heavy atom. The minimum absolute atomic E-state index is 0.164. The molecule has 102 valence electrons. The SMILES string of the molecule is CNc1ccc(C(C)O[Si](C)(C)C(C)(C)C)cc1.